The summed E-state index contributed by atoms with van der Waals surface area (Å²) < 4.78 is 51.9. The molecule has 0 radical (unpaired) electrons. The number of phenols is 5. The minimum atomic E-state index is -2.10. The summed E-state index contributed by atoms with van der Waals surface area (Å²) in [6.07, 6.45) is -21.0. The third-order valence-electron chi connectivity index (χ3n) is 10.9. The maximum Gasteiger partial charge on any atom is 0.331 e. The molecule has 0 bridgehead atoms. The van der Waals surface area contributed by atoms with Gasteiger partial charge in [0.2, 0.25) is 0 Å². The Hall–Kier alpha value is -5.64. The molecule has 14 atom stereocenters. The summed E-state index contributed by atoms with van der Waals surface area (Å²) >= 11 is 0. The van der Waals surface area contributed by atoms with E-state index in [0.29, 0.717) is 11.1 Å². The predicted octanol–water partition coefficient (Wildman–Crippen LogP) is -1.60. The van der Waals surface area contributed by atoms with Crippen molar-refractivity contribution in [1.82, 2.24) is 0 Å². The highest BCUT2D eigenvalue weighted by atomic mass is 16.8. The molecule has 23 nitrogen and oxygen atoms in total. The molecule has 0 aliphatic carbocycles. The third-order valence-corrected chi connectivity index (χ3v) is 10.9. The number of hydrogen-bond acceptors (Lipinski definition) is 23. The first kappa shape index (κ1) is 50.8. The average Bonchev–Trinajstić information content (AvgIpc) is 3.31. The van der Waals surface area contributed by atoms with Crippen molar-refractivity contribution in [2.75, 3.05) is 33.5 Å². The van der Waals surface area contributed by atoms with E-state index in [1.165, 1.54) is 61.7 Å². The Kier molecular flexibility index (Phi) is 17.4. The maximum absolute atomic E-state index is 13.5. The van der Waals surface area contributed by atoms with Gasteiger partial charge in [0.15, 0.2) is 59.5 Å². The topological polar surface area (TPSA) is 360 Å². The van der Waals surface area contributed by atoms with Crippen LogP contribution in [0.25, 0.3) is 12.2 Å². The Labute approximate surface area is 381 Å². The Morgan fingerprint density at radius 2 is 1.25 bits per heavy atom. The number of ether oxygens (including phenoxy) is 9. The summed E-state index contributed by atoms with van der Waals surface area (Å²) in [5.74, 6) is -3.84. The summed E-state index contributed by atoms with van der Waals surface area (Å²) in [4.78, 5) is 26.3. The number of phenolic OH excluding ortho intramolecular Hbond substituents is 5. The van der Waals surface area contributed by atoms with Gasteiger partial charge in [-0.05, 0) is 71.7 Å². The van der Waals surface area contributed by atoms with Crippen molar-refractivity contribution in [2.24, 2.45) is 0 Å². The van der Waals surface area contributed by atoms with Crippen molar-refractivity contribution in [3.8, 4) is 34.5 Å². The average molecular weight is 949 g/mol. The molecule has 12 N–H and O–H groups in total. The first-order valence-corrected chi connectivity index (χ1v) is 20.7. The number of carbonyl (C=O) groups excluding carboxylic acids is 2. The van der Waals surface area contributed by atoms with Gasteiger partial charge in [0, 0.05) is 12.2 Å². The molecule has 14 unspecified atom stereocenters. The molecule has 67 heavy (non-hydrogen) atoms. The van der Waals surface area contributed by atoms with Crippen molar-refractivity contribution in [3.05, 3.63) is 83.4 Å². The summed E-state index contributed by atoms with van der Waals surface area (Å²) in [7, 11) is 1.34. The van der Waals surface area contributed by atoms with E-state index in [-0.39, 0.29) is 35.8 Å². The van der Waals surface area contributed by atoms with Gasteiger partial charge in [-0.2, -0.15) is 0 Å². The molecule has 3 aliphatic rings. The molecule has 366 valence electrons. The number of benzene rings is 3. The van der Waals surface area contributed by atoms with Crippen LogP contribution in [0.2, 0.25) is 0 Å². The SMILES string of the molecule is COc1cc(C=CC(=O)OCC2OC(OC3C(OC(=O)C=Cc4ccc(O)c(O)c4)C(CO)OC(OCCc4ccc(O)c(O)c4)C3OC3OCC(O)C(O)C3O)C(O)C(O)C2O)ccc1O. The van der Waals surface area contributed by atoms with Gasteiger partial charge >= 0.3 is 11.9 Å². The maximum atomic E-state index is 13.5. The Bertz CT molecular complexity index is 2200. The van der Waals surface area contributed by atoms with Gasteiger partial charge in [-0.3, -0.25) is 0 Å². The zero-order valence-electron chi connectivity index (χ0n) is 35.5. The third kappa shape index (κ3) is 12.7. The van der Waals surface area contributed by atoms with Gasteiger partial charge < -0.3 is 104 Å². The van der Waals surface area contributed by atoms with E-state index in [0.717, 1.165) is 24.3 Å². The molecule has 6 rings (SSSR count). The summed E-state index contributed by atoms with van der Waals surface area (Å²) in [5, 5.41) is 125. The van der Waals surface area contributed by atoms with E-state index < -0.39 is 135 Å². The van der Waals surface area contributed by atoms with Crippen molar-refractivity contribution >= 4 is 24.1 Å². The second-order valence-electron chi connectivity index (χ2n) is 15.5. The molecule has 0 amide bonds. The van der Waals surface area contributed by atoms with Crippen LogP contribution < -0.4 is 4.74 Å². The van der Waals surface area contributed by atoms with E-state index in [4.69, 9.17) is 42.6 Å². The number of aliphatic hydroxyl groups excluding tert-OH is 7. The van der Waals surface area contributed by atoms with Gasteiger partial charge in [-0.25, -0.2) is 9.59 Å². The Morgan fingerprint density at radius 3 is 1.93 bits per heavy atom. The highest BCUT2D eigenvalue weighted by Gasteiger charge is 2.55. The number of hydrogen-bond donors (Lipinski definition) is 12. The van der Waals surface area contributed by atoms with Gasteiger partial charge in [-0.1, -0.05) is 18.2 Å². The molecular formula is C44H52O23. The molecule has 3 aliphatic heterocycles. The summed E-state index contributed by atoms with van der Waals surface area (Å²) in [6.45, 7) is -2.47. The molecule has 3 aromatic rings. The van der Waals surface area contributed by atoms with Crippen molar-refractivity contribution in [2.45, 2.75) is 92.4 Å². The van der Waals surface area contributed by atoms with Gasteiger partial charge in [0.25, 0.3) is 0 Å². The van der Waals surface area contributed by atoms with Crippen molar-refractivity contribution in [1.29, 1.82) is 0 Å². The van der Waals surface area contributed by atoms with Crippen LogP contribution in [0.5, 0.6) is 34.5 Å². The first-order valence-electron chi connectivity index (χ1n) is 20.7. The van der Waals surface area contributed by atoms with Crippen LogP contribution in [0, 0.1) is 0 Å². The fraction of sp³-hybridized carbons (Fsp3) is 0.455. The molecule has 3 aromatic carbocycles. The molecule has 0 spiro atoms. The zero-order valence-corrected chi connectivity index (χ0v) is 35.5. The van der Waals surface area contributed by atoms with Crippen LogP contribution >= 0.6 is 0 Å². The minimum Gasteiger partial charge on any atom is -0.504 e. The lowest BCUT2D eigenvalue weighted by Crippen LogP contribution is -2.67. The summed E-state index contributed by atoms with van der Waals surface area (Å²) in [6, 6.07) is 11.9. The Morgan fingerprint density at radius 1 is 0.642 bits per heavy atom. The predicted molar refractivity (Wildman–Crippen MR) is 223 cm³/mol. The van der Waals surface area contributed by atoms with E-state index in [1.54, 1.807) is 0 Å². The van der Waals surface area contributed by atoms with Gasteiger partial charge in [0.05, 0.1) is 26.9 Å². The van der Waals surface area contributed by atoms with Crippen LogP contribution in [0.3, 0.4) is 0 Å². The fourth-order valence-electron chi connectivity index (χ4n) is 7.15. The number of aliphatic hydroxyl groups is 7. The minimum absolute atomic E-state index is 0.0481. The smallest absolute Gasteiger partial charge is 0.331 e. The molecule has 3 fully saturated rings. The molecule has 3 saturated heterocycles. The lowest BCUT2D eigenvalue weighted by molar-refractivity contribution is -0.386. The number of carbonyl (C=O) groups is 2. The standard InChI is InChI=1S/C44H52O23/c1-59-29-16-21(4-9-25(29)48)5-10-32(52)61-19-31-35(55)36(56)38(58)43(64-31)66-40-39(65-33(53)11-6-20-2-7-23(46)26(49)14-20)30(17-45)63-44(60-13-12-22-3-8-24(47)27(50)15-22)41(40)67-42-37(57)34(54)28(51)18-62-42/h2-11,14-16,28,30-31,34-51,54-58H,12-13,17-19H2,1H3. The normalized spacial score (nSPS) is 31.2. The quantitative estimate of drug-likeness (QED) is 0.0412. The number of esters is 2. The number of rotatable bonds is 17. The number of methoxy groups -OCH3 is 1. The van der Waals surface area contributed by atoms with Crippen LogP contribution in [-0.4, -0.2) is 193 Å². The van der Waals surface area contributed by atoms with E-state index in [2.05, 4.69) is 0 Å². The lowest BCUT2D eigenvalue weighted by Gasteiger charge is -2.49. The molecular weight excluding hydrogens is 896 g/mol. The second-order valence-corrected chi connectivity index (χ2v) is 15.5. The van der Waals surface area contributed by atoms with E-state index in [9.17, 15) is 70.9 Å². The second kappa shape index (κ2) is 22.9. The van der Waals surface area contributed by atoms with Crippen LogP contribution in [0.15, 0.2) is 66.7 Å². The highest BCUT2D eigenvalue weighted by Crippen LogP contribution is 2.36. The molecule has 23 heteroatoms. The number of aromatic hydroxyl groups is 5. The fourth-order valence-corrected chi connectivity index (χ4v) is 7.15. The van der Waals surface area contributed by atoms with Crippen LogP contribution in [0.1, 0.15) is 16.7 Å². The zero-order chi connectivity index (χ0) is 48.5. The van der Waals surface area contributed by atoms with Crippen molar-refractivity contribution in [3.63, 3.8) is 0 Å². The lowest BCUT2D eigenvalue weighted by atomic mass is 9.96. The van der Waals surface area contributed by atoms with Crippen molar-refractivity contribution < 1.29 is 113 Å². The first-order chi connectivity index (χ1) is 32.0. The van der Waals surface area contributed by atoms with Gasteiger partial charge in [0.1, 0.15) is 67.6 Å². The van der Waals surface area contributed by atoms with E-state index >= 15 is 0 Å². The largest absolute Gasteiger partial charge is 0.504 e. The summed E-state index contributed by atoms with van der Waals surface area (Å²) in [5.41, 5.74) is 1.13. The Balaban J connectivity index is 1.30. The molecule has 3 heterocycles. The van der Waals surface area contributed by atoms with Crippen LogP contribution in [0.4, 0.5) is 0 Å². The van der Waals surface area contributed by atoms with Gasteiger partial charge in [-0.15, -0.1) is 0 Å². The van der Waals surface area contributed by atoms with E-state index in [1.807, 2.05) is 0 Å². The monoisotopic (exact) mass is 948 g/mol. The van der Waals surface area contributed by atoms with Crippen LogP contribution in [-0.2, 0) is 53.9 Å². The highest BCUT2D eigenvalue weighted by molar-refractivity contribution is 5.88. The molecule has 0 saturated carbocycles. The molecule has 0 aromatic heterocycles.